The molecule has 1 N–H and O–H groups in total. The van der Waals surface area contributed by atoms with Crippen molar-refractivity contribution in [1.82, 2.24) is 5.32 Å². The van der Waals surface area contributed by atoms with Gasteiger partial charge in [-0.15, -0.1) is 0 Å². The zero-order chi connectivity index (χ0) is 7.11. The molecule has 0 rings (SSSR count). The van der Waals surface area contributed by atoms with Crippen LogP contribution in [0.1, 0.15) is 0 Å². The summed E-state index contributed by atoms with van der Waals surface area (Å²) in [5.74, 6) is 0. The van der Waals surface area contributed by atoms with Crippen LogP contribution < -0.4 is 5.32 Å². The fourth-order valence-corrected chi connectivity index (χ4v) is 0.909. The van der Waals surface area contributed by atoms with Crippen molar-refractivity contribution >= 4 is 23.0 Å². The van der Waals surface area contributed by atoms with Crippen molar-refractivity contribution in [3.8, 4) is 0 Å². The van der Waals surface area contributed by atoms with Crippen molar-refractivity contribution in [2.24, 2.45) is 0 Å². The standard InChI is InChI=1S/C5H12INO2/c1-7-3-5(8-2)4-9-6/h5,7H,3-4H2,1-2H3. The summed E-state index contributed by atoms with van der Waals surface area (Å²) in [6, 6.07) is 0. The quantitative estimate of drug-likeness (QED) is 0.719. The van der Waals surface area contributed by atoms with Crippen molar-refractivity contribution < 1.29 is 7.80 Å². The third-order valence-corrected chi connectivity index (χ3v) is 1.37. The van der Waals surface area contributed by atoms with Gasteiger partial charge in [-0.05, 0) is 7.05 Å². The molecule has 0 spiro atoms. The lowest BCUT2D eigenvalue weighted by Gasteiger charge is -2.11. The molecule has 3 nitrogen and oxygen atoms in total. The minimum atomic E-state index is 0.173. The number of rotatable bonds is 5. The minimum absolute atomic E-state index is 0.173. The average Bonchev–Trinajstić information content (AvgIpc) is 1.88. The summed E-state index contributed by atoms with van der Waals surface area (Å²) >= 11 is 1.86. The van der Waals surface area contributed by atoms with E-state index in [1.54, 1.807) is 7.11 Å². The number of likely N-dealkylation sites (N-methyl/N-ethyl adjacent to an activating group) is 1. The van der Waals surface area contributed by atoms with E-state index < -0.39 is 0 Å². The first-order chi connectivity index (χ1) is 4.35. The van der Waals surface area contributed by atoms with Crippen LogP contribution in [0.2, 0.25) is 0 Å². The van der Waals surface area contributed by atoms with E-state index in [9.17, 15) is 0 Å². The van der Waals surface area contributed by atoms with Gasteiger partial charge in [-0.25, -0.2) is 0 Å². The van der Waals surface area contributed by atoms with Crippen molar-refractivity contribution in [3.63, 3.8) is 0 Å². The van der Waals surface area contributed by atoms with E-state index in [1.807, 2.05) is 30.1 Å². The first-order valence-corrected chi connectivity index (χ1v) is 3.64. The Hall–Kier alpha value is 0.610. The van der Waals surface area contributed by atoms with E-state index in [4.69, 9.17) is 7.80 Å². The molecule has 0 aromatic carbocycles. The highest BCUT2D eigenvalue weighted by atomic mass is 127. The number of hydrogen-bond acceptors (Lipinski definition) is 3. The smallest absolute Gasteiger partial charge is 0.109 e. The van der Waals surface area contributed by atoms with Gasteiger partial charge in [0.25, 0.3) is 0 Å². The molecule has 1 unspecified atom stereocenters. The molecule has 0 aliphatic rings. The highest BCUT2D eigenvalue weighted by molar-refractivity contribution is 14.1. The van der Waals surface area contributed by atoms with Crippen molar-refractivity contribution in [3.05, 3.63) is 0 Å². The van der Waals surface area contributed by atoms with Gasteiger partial charge < -0.3 is 13.1 Å². The summed E-state index contributed by atoms with van der Waals surface area (Å²) in [5, 5.41) is 3.00. The van der Waals surface area contributed by atoms with Crippen LogP contribution in [0.25, 0.3) is 0 Å². The number of ether oxygens (including phenoxy) is 1. The van der Waals surface area contributed by atoms with Gasteiger partial charge in [0.1, 0.15) is 23.0 Å². The van der Waals surface area contributed by atoms with Crippen LogP contribution in [0, 0.1) is 0 Å². The minimum Gasteiger partial charge on any atom is -0.378 e. The summed E-state index contributed by atoms with van der Waals surface area (Å²) < 4.78 is 9.89. The highest BCUT2D eigenvalue weighted by Gasteiger charge is 2.03. The van der Waals surface area contributed by atoms with Crippen LogP contribution >= 0.6 is 23.0 Å². The second-order valence-corrected chi connectivity index (χ2v) is 2.31. The monoisotopic (exact) mass is 245 g/mol. The zero-order valence-corrected chi connectivity index (χ0v) is 7.84. The molecular weight excluding hydrogens is 233 g/mol. The summed E-state index contributed by atoms with van der Waals surface area (Å²) in [7, 11) is 3.57. The molecule has 0 saturated carbocycles. The molecule has 0 aliphatic heterocycles. The van der Waals surface area contributed by atoms with Crippen LogP contribution in [0.5, 0.6) is 0 Å². The fraction of sp³-hybridized carbons (Fsp3) is 1.00. The van der Waals surface area contributed by atoms with E-state index in [-0.39, 0.29) is 6.10 Å². The molecule has 0 bridgehead atoms. The third kappa shape index (κ3) is 5.07. The van der Waals surface area contributed by atoms with Gasteiger partial charge in [-0.2, -0.15) is 0 Å². The van der Waals surface area contributed by atoms with Crippen LogP contribution in [-0.2, 0) is 7.80 Å². The molecule has 4 heteroatoms. The van der Waals surface area contributed by atoms with Crippen molar-refractivity contribution in [2.45, 2.75) is 6.10 Å². The Labute approximate surface area is 69.8 Å². The van der Waals surface area contributed by atoms with E-state index in [0.29, 0.717) is 6.61 Å². The largest absolute Gasteiger partial charge is 0.378 e. The summed E-state index contributed by atoms with van der Waals surface area (Å²) in [5.41, 5.74) is 0. The van der Waals surface area contributed by atoms with Crippen LogP contribution in [0.3, 0.4) is 0 Å². The Balaban J connectivity index is 3.18. The maximum absolute atomic E-state index is 5.04. The van der Waals surface area contributed by atoms with Gasteiger partial charge >= 0.3 is 0 Å². The zero-order valence-electron chi connectivity index (χ0n) is 5.69. The maximum Gasteiger partial charge on any atom is 0.109 e. The van der Waals surface area contributed by atoms with E-state index in [0.717, 1.165) is 6.54 Å². The molecular formula is C5H12INO2. The van der Waals surface area contributed by atoms with E-state index in [2.05, 4.69) is 5.32 Å². The molecule has 9 heavy (non-hydrogen) atoms. The Kier molecular flexibility index (Phi) is 7.18. The van der Waals surface area contributed by atoms with Gasteiger partial charge in [0.15, 0.2) is 0 Å². The summed E-state index contributed by atoms with van der Waals surface area (Å²) in [6.45, 7) is 1.47. The van der Waals surface area contributed by atoms with Crippen molar-refractivity contribution in [1.29, 1.82) is 0 Å². The van der Waals surface area contributed by atoms with E-state index >= 15 is 0 Å². The second-order valence-electron chi connectivity index (χ2n) is 1.69. The predicted molar refractivity (Wildman–Crippen MR) is 44.7 cm³/mol. The topological polar surface area (TPSA) is 30.5 Å². The van der Waals surface area contributed by atoms with Crippen LogP contribution in [0.4, 0.5) is 0 Å². The fourth-order valence-electron chi connectivity index (χ4n) is 0.508. The number of methoxy groups -OCH3 is 1. The first kappa shape index (κ1) is 9.61. The molecule has 0 aliphatic carbocycles. The summed E-state index contributed by atoms with van der Waals surface area (Å²) in [4.78, 5) is 0. The number of halogens is 1. The molecule has 0 aromatic rings. The third-order valence-electron chi connectivity index (χ3n) is 1.01. The maximum atomic E-state index is 5.04. The van der Waals surface area contributed by atoms with Gasteiger partial charge in [0, 0.05) is 13.7 Å². The predicted octanol–water partition coefficient (Wildman–Crippen LogP) is 0.587. The SMILES string of the molecule is CNCC(COI)OC. The van der Waals surface area contributed by atoms with Crippen molar-refractivity contribution in [2.75, 3.05) is 27.3 Å². The number of hydrogen-bond donors (Lipinski definition) is 1. The lowest BCUT2D eigenvalue weighted by molar-refractivity contribution is 0.0733. The average molecular weight is 245 g/mol. The Morgan fingerprint density at radius 1 is 1.67 bits per heavy atom. The molecule has 56 valence electrons. The molecule has 0 fully saturated rings. The summed E-state index contributed by atoms with van der Waals surface area (Å²) in [6.07, 6.45) is 0.173. The Bertz CT molecular complexity index is 56.9. The Morgan fingerprint density at radius 2 is 2.33 bits per heavy atom. The van der Waals surface area contributed by atoms with Gasteiger partial charge in [0.05, 0.1) is 12.7 Å². The molecule has 0 amide bonds. The molecule has 0 heterocycles. The van der Waals surface area contributed by atoms with Gasteiger partial charge in [0.2, 0.25) is 0 Å². The lowest BCUT2D eigenvalue weighted by atomic mass is 10.4. The second kappa shape index (κ2) is 6.73. The highest BCUT2D eigenvalue weighted by Crippen LogP contribution is 1.93. The first-order valence-electron chi connectivity index (χ1n) is 2.76. The molecule has 0 saturated heterocycles. The van der Waals surface area contributed by atoms with Gasteiger partial charge in [-0.1, -0.05) is 0 Å². The normalized spacial score (nSPS) is 13.7. The molecule has 0 aromatic heterocycles. The number of nitrogens with one attached hydrogen (secondary N) is 1. The Morgan fingerprint density at radius 3 is 2.67 bits per heavy atom. The van der Waals surface area contributed by atoms with Crippen LogP contribution in [0.15, 0.2) is 0 Å². The van der Waals surface area contributed by atoms with E-state index in [1.165, 1.54) is 0 Å². The molecule has 0 radical (unpaired) electrons. The van der Waals surface area contributed by atoms with Gasteiger partial charge in [-0.3, -0.25) is 0 Å². The lowest BCUT2D eigenvalue weighted by Crippen LogP contribution is -2.28. The van der Waals surface area contributed by atoms with Crippen LogP contribution in [-0.4, -0.2) is 33.4 Å². The molecule has 1 atom stereocenters.